The predicted molar refractivity (Wildman–Crippen MR) is 91.7 cm³/mol. The Morgan fingerprint density at radius 3 is 2.48 bits per heavy atom. The molecule has 4 nitrogen and oxygen atoms in total. The second-order valence-corrected chi connectivity index (χ2v) is 5.26. The molecule has 0 aliphatic heterocycles. The fourth-order valence-corrected chi connectivity index (χ4v) is 2.24. The number of nitrogens with one attached hydrogen (secondary N) is 1. The maximum atomic E-state index is 12.3. The van der Waals surface area contributed by atoms with Crippen molar-refractivity contribution in [1.29, 1.82) is 0 Å². The van der Waals surface area contributed by atoms with Gasteiger partial charge in [0, 0.05) is 6.08 Å². The monoisotopic (exact) mass is 347 g/mol. The number of carbonyl (C=O) groups is 1. The van der Waals surface area contributed by atoms with Crippen LogP contribution in [0.3, 0.4) is 0 Å². The Hall–Kier alpha value is -2.89. The molecule has 1 unspecified atom stereocenters. The molecule has 132 valence electrons. The molecule has 1 amide bonds. The number of hydrogen-bond acceptors (Lipinski definition) is 3. The van der Waals surface area contributed by atoms with E-state index in [4.69, 9.17) is 4.74 Å². The van der Waals surface area contributed by atoms with Gasteiger partial charge in [0.05, 0.1) is 13.2 Å². The molecule has 0 spiro atoms. The third-order valence-electron chi connectivity index (χ3n) is 3.49. The smallest absolute Gasteiger partial charge is 0.387 e. The number of amides is 1. The molecule has 6 heteroatoms. The molecule has 0 saturated heterocycles. The maximum absolute atomic E-state index is 12.3. The molecule has 0 radical (unpaired) electrons. The first-order valence-electron chi connectivity index (χ1n) is 7.66. The number of benzene rings is 2. The van der Waals surface area contributed by atoms with Crippen LogP contribution in [0.5, 0.6) is 11.5 Å². The number of alkyl halides is 2. The van der Waals surface area contributed by atoms with Crippen LogP contribution in [0, 0.1) is 0 Å². The zero-order chi connectivity index (χ0) is 18.2. The van der Waals surface area contributed by atoms with Crippen molar-refractivity contribution in [3.63, 3.8) is 0 Å². The maximum Gasteiger partial charge on any atom is 0.387 e. The van der Waals surface area contributed by atoms with Crippen LogP contribution in [0.2, 0.25) is 0 Å². The molecule has 0 bridgehead atoms. The summed E-state index contributed by atoms with van der Waals surface area (Å²) in [6, 6.07) is 13.9. The van der Waals surface area contributed by atoms with Crippen LogP contribution < -0.4 is 14.8 Å². The van der Waals surface area contributed by atoms with Gasteiger partial charge in [-0.25, -0.2) is 0 Å². The molecule has 0 saturated carbocycles. The van der Waals surface area contributed by atoms with Crippen LogP contribution >= 0.6 is 0 Å². The van der Waals surface area contributed by atoms with Gasteiger partial charge in [0.25, 0.3) is 0 Å². The van der Waals surface area contributed by atoms with Crippen molar-refractivity contribution in [2.24, 2.45) is 0 Å². The summed E-state index contributed by atoms with van der Waals surface area (Å²) in [5.41, 5.74) is 1.63. The summed E-state index contributed by atoms with van der Waals surface area (Å²) in [5.74, 6) is -0.152. The fourth-order valence-electron chi connectivity index (χ4n) is 2.24. The molecule has 0 aromatic heterocycles. The molecule has 1 N–H and O–H groups in total. The Morgan fingerprint density at radius 1 is 1.12 bits per heavy atom. The number of hydrogen-bond donors (Lipinski definition) is 1. The Balaban J connectivity index is 2.02. The first-order chi connectivity index (χ1) is 12.0. The largest absolute Gasteiger partial charge is 0.493 e. The van der Waals surface area contributed by atoms with Crippen LogP contribution in [0.25, 0.3) is 6.08 Å². The minimum Gasteiger partial charge on any atom is -0.493 e. The topological polar surface area (TPSA) is 47.6 Å². The Labute approximate surface area is 145 Å². The van der Waals surface area contributed by atoms with Gasteiger partial charge in [-0.2, -0.15) is 8.78 Å². The molecule has 2 aromatic carbocycles. The van der Waals surface area contributed by atoms with E-state index in [2.05, 4.69) is 10.1 Å². The third-order valence-corrected chi connectivity index (χ3v) is 3.49. The first-order valence-corrected chi connectivity index (χ1v) is 7.66. The standard InChI is InChI=1S/C19H19F2NO3/c1-13(15-6-4-3-5-7-15)22-18(23)11-9-14-8-10-16(25-19(20)21)17(12-14)24-2/h3-13,19H,1-2H3,(H,22,23)/b11-9+. The molecular weight excluding hydrogens is 328 g/mol. The van der Waals surface area contributed by atoms with Gasteiger partial charge in [-0.15, -0.1) is 0 Å². The summed E-state index contributed by atoms with van der Waals surface area (Å²) in [7, 11) is 1.36. The van der Waals surface area contributed by atoms with Gasteiger partial charge in [-0.05, 0) is 36.3 Å². The van der Waals surface area contributed by atoms with E-state index < -0.39 is 6.61 Å². The zero-order valence-electron chi connectivity index (χ0n) is 13.9. The highest BCUT2D eigenvalue weighted by Crippen LogP contribution is 2.29. The van der Waals surface area contributed by atoms with E-state index in [0.29, 0.717) is 5.56 Å². The summed E-state index contributed by atoms with van der Waals surface area (Å²) in [4.78, 5) is 12.0. The summed E-state index contributed by atoms with van der Waals surface area (Å²) >= 11 is 0. The average molecular weight is 347 g/mol. The number of methoxy groups -OCH3 is 1. The normalized spacial score (nSPS) is 12.2. The molecule has 0 fully saturated rings. The lowest BCUT2D eigenvalue weighted by atomic mass is 10.1. The second kappa shape index (κ2) is 8.82. The van der Waals surface area contributed by atoms with Gasteiger partial charge in [0.15, 0.2) is 11.5 Å². The van der Waals surface area contributed by atoms with Crippen molar-refractivity contribution >= 4 is 12.0 Å². The molecule has 1 atom stereocenters. The van der Waals surface area contributed by atoms with Crippen LogP contribution in [0.1, 0.15) is 24.1 Å². The minimum absolute atomic E-state index is 0.0585. The van der Waals surface area contributed by atoms with Gasteiger partial charge in [0.1, 0.15) is 0 Å². The highest BCUT2D eigenvalue weighted by atomic mass is 19.3. The number of carbonyl (C=O) groups excluding carboxylic acids is 1. The van der Waals surface area contributed by atoms with Gasteiger partial charge in [-0.1, -0.05) is 36.4 Å². The number of ether oxygens (including phenoxy) is 2. The summed E-state index contributed by atoms with van der Waals surface area (Å²) in [6.07, 6.45) is 2.95. The molecule has 0 heterocycles. The SMILES string of the molecule is COc1cc(/C=C/C(=O)NC(C)c2ccccc2)ccc1OC(F)F. The van der Waals surface area contributed by atoms with Crippen molar-refractivity contribution in [1.82, 2.24) is 5.32 Å². The van der Waals surface area contributed by atoms with Crippen molar-refractivity contribution in [3.05, 3.63) is 65.7 Å². The van der Waals surface area contributed by atoms with Gasteiger partial charge >= 0.3 is 6.61 Å². The highest BCUT2D eigenvalue weighted by molar-refractivity contribution is 5.92. The van der Waals surface area contributed by atoms with E-state index in [0.717, 1.165) is 5.56 Å². The van der Waals surface area contributed by atoms with Gasteiger partial charge in [-0.3, -0.25) is 4.79 Å². The predicted octanol–water partition coefficient (Wildman–Crippen LogP) is 4.19. The van der Waals surface area contributed by atoms with E-state index >= 15 is 0 Å². The molecule has 2 aromatic rings. The van der Waals surface area contributed by atoms with Gasteiger partial charge < -0.3 is 14.8 Å². The highest BCUT2D eigenvalue weighted by Gasteiger charge is 2.11. The Kier molecular flexibility index (Phi) is 6.51. The Morgan fingerprint density at radius 2 is 1.84 bits per heavy atom. The quantitative estimate of drug-likeness (QED) is 0.764. The van der Waals surface area contributed by atoms with Crippen LogP contribution in [0.4, 0.5) is 8.78 Å². The van der Waals surface area contributed by atoms with E-state index in [1.165, 1.54) is 25.3 Å². The third kappa shape index (κ3) is 5.60. The van der Waals surface area contributed by atoms with E-state index in [1.54, 1.807) is 12.1 Å². The Bertz CT molecular complexity index is 733. The summed E-state index contributed by atoms with van der Waals surface area (Å²) < 4.78 is 34.0. The molecule has 25 heavy (non-hydrogen) atoms. The average Bonchev–Trinajstić information content (AvgIpc) is 2.61. The minimum atomic E-state index is -2.93. The summed E-state index contributed by atoms with van der Waals surface area (Å²) in [6.45, 7) is -1.04. The second-order valence-electron chi connectivity index (χ2n) is 5.26. The molecule has 0 aliphatic rings. The lowest BCUT2D eigenvalue weighted by molar-refractivity contribution is -0.117. The molecule has 0 aliphatic carbocycles. The lowest BCUT2D eigenvalue weighted by Crippen LogP contribution is -2.24. The van der Waals surface area contributed by atoms with E-state index in [1.807, 2.05) is 37.3 Å². The lowest BCUT2D eigenvalue weighted by Gasteiger charge is -2.12. The van der Waals surface area contributed by atoms with Gasteiger partial charge in [0.2, 0.25) is 5.91 Å². The van der Waals surface area contributed by atoms with Crippen molar-refractivity contribution < 1.29 is 23.0 Å². The van der Waals surface area contributed by atoms with Crippen molar-refractivity contribution in [3.8, 4) is 11.5 Å². The van der Waals surface area contributed by atoms with Crippen LogP contribution in [-0.2, 0) is 4.79 Å². The molecular formula is C19H19F2NO3. The summed E-state index contributed by atoms with van der Waals surface area (Å²) in [5, 5.41) is 2.85. The number of halogens is 2. The van der Waals surface area contributed by atoms with E-state index in [9.17, 15) is 13.6 Å². The van der Waals surface area contributed by atoms with Crippen molar-refractivity contribution in [2.45, 2.75) is 19.6 Å². The first kappa shape index (κ1) is 18.4. The number of rotatable bonds is 7. The van der Waals surface area contributed by atoms with Crippen LogP contribution in [0.15, 0.2) is 54.6 Å². The fraction of sp³-hybridized carbons (Fsp3) is 0.211. The van der Waals surface area contributed by atoms with Crippen LogP contribution in [-0.4, -0.2) is 19.6 Å². The van der Waals surface area contributed by atoms with E-state index in [-0.39, 0.29) is 23.4 Å². The van der Waals surface area contributed by atoms with Crippen molar-refractivity contribution in [2.75, 3.05) is 7.11 Å². The zero-order valence-corrected chi connectivity index (χ0v) is 13.9. The molecule has 2 rings (SSSR count).